The number of nitrogens with one attached hydrogen (secondary N) is 2. The Labute approximate surface area is 179 Å². The Hall–Kier alpha value is -3.29. The van der Waals surface area contributed by atoms with Crippen molar-refractivity contribution in [1.29, 1.82) is 0 Å². The lowest BCUT2D eigenvalue weighted by Gasteiger charge is -2.25. The SMILES string of the molecule is O=c1ccccn1-c1cnc(N[C@H]2CC[C@H](Nc3ncc(C4CCC4)cn3)C2)c(F)c1. The van der Waals surface area contributed by atoms with Crippen LogP contribution in [0.2, 0.25) is 0 Å². The highest BCUT2D eigenvalue weighted by Crippen LogP contribution is 2.35. The first-order chi connectivity index (χ1) is 15.2. The molecular weight excluding hydrogens is 395 g/mol. The molecule has 2 saturated carbocycles. The highest BCUT2D eigenvalue weighted by molar-refractivity contribution is 5.44. The predicted molar refractivity (Wildman–Crippen MR) is 117 cm³/mol. The number of nitrogens with zero attached hydrogens (tertiary/aromatic N) is 4. The molecule has 2 atom stereocenters. The minimum Gasteiger partial charge on any atom is -0.365 e. The minimum absolute atomic E-state index is 0.110. The maximum atomic E-state index is 14.6. The number of halogens is 1. The van der Waals surface area contributed by atoms with Crippen LogP contribution in [0.4, 0.5) is 16.2 Å². The maximum absolute atomic E-state index is 14.6. The Balaban J connectivity index is 1.19. The Morgan fingerprint density at radius 2 is 1.74 bits per heavy atom. The Bertz CT molecular complexity index is 1110. The van der Waals surface area contributed by atoms with Gasteiger partial charge in [0.2, 0.25) is 5.95 Å². The highest BCUT2D eigenvalue weighted by atomic mass is 19.1. The number of anilines is 2. The Morgan fingerprint density at radius 3 is 2.42 bits per heavy atom. The van der Waals surface area contributed by atoms with Crippen LogP contribution >= 0.6 is 0 Å². The van der Waals surface area contributed by atoms with E-state index >= 15 is 0 Å². The molecule has 3 aromatic rings. The van der Waals surface area contributed by atoms with Gasteiger partial charge in [-0.3, -0.25) is 9.36 Å². The number of aromatic nitrogens is 4. The van der Waals surface area contributed by atoms with Crippen molar-refractivity contribution in [2.75, 3.05) is 10.6 Å². The van der Waals surface area contributed by atoms with Crippen LogP contribution in [-0.4, -0.2) is 31.6 Å². The van der Waals surface area contributed by atoms with Gasteiger partial charge in [0.15, 0.2) is 11.6 Å². The zero-order valence-corrected chi connectivity index (χ0v) is 17.2. The fraction of sp³-hybridized carbons (Fsp3) is 0.391. The van der Waals surface area contributed by atoms with Gasteiger partial charge in [-0.1, -0.05) is 12.5 Å². The molecule has 3 aromatic heterocycles. The van der Waals surface area contributed by atoms with Crippen LogP contribution in [0.3, 0.4) is 0 Å². The average molecular weight is 420 g/mol. The van der Waals surface area contributed by atoms with E-state index in [2.05, 4.69) is 25.6 Å². The second kappa shape index (κ2) is 8.45. The van der Waals surface area contributed by atoms with Crippen LogP contribution in [0.5, 0.6) is 0 Å². The second-order valence-corrected chi connectivity index (χ2v) is 8.40. The van der Waals surface area contributed by atoms with Gasteiger partial charge in [0.1, 0.15) is 0 Å². The van der Waals surface area contributed by atoms with Crippen molar-refractivity contribution in [1.82, 2.24) is 19.5 Å². The summed E-state index contributed by atoms with van der Waals surface area (Å²) < 4.78 is 16.0. The van der Waals surface area contributed by atoms with Gasteiger partial charge in [-0.2, -0.15) is 0 Å². The largest absolute Gasteiger partial charge is 0.365 e. The van der Waals surface area contributed by atoms with Crippen LogP contribution in [0.25, 0.3) is 5.69 Å². The highest BCUT2D eigenvalue weighted by Gasteiger charge is 2.26. The Kier molecular flexibility index (Phi) is 5.36. The van der Waals surface area contributed by atoms with Crippen molar-refractivity contribution >= 4 is 11.8 Å². The van der Waals surface area contributed by atoms with Crippen LogP contribution in [0.1, 0.15) is 50.0 Å². The summed E-state index contributed by atoms with van der Waals surface area (Å²) in [6.45, 7) is 0. The quantitative estimate of drug-likeness (QED) is 0.630. The molecule has 0 radical (unpaired) electrons. The molecular formula is C23H25FN6O. The molecule has 0 bridgehead atoms. The van der Waals surface area contributed by atoms with E-state index in [1.807, 2.05) is 12.4 Å². The van der Waals surface area contributed by atoms with Crippen LogP contribution in [-0.2, 0) is 0 Å². The zero-order valence-electron chi connectivity index (χ0n) is 17.2. The van der Waals surface area contributed by atoms with Gasteiger partial charge in [0.25, 0.3) is 5.56 Å². The van der Waals surface area contributed by atoms with Crippen molar-refractivity contribution in [2.24, 2.45) is 0 Å². The van der Waals surface area contributed by atoms with E-state index in [0.29, 0.717) is 17.6 Å². The van der Waals surface area contributed by atoms with Crippen LogP contribution in [0, 0.1) is 5.82 Å². The van der Waals surface area contributed by atoms with E-state index in [4.69, 9.17) is 0 Å². The summed E-state index contributed by atoms with van der Waals surface area (Å²) in [6, 6.07) is 6.48. The summed E-state index contributed by atoms with van der Waals surface area (Å²) in [4.78, 5) is 25.1. The van der Waals surface area contributed by atoms with E-state index in [0.717, 1.165) is 19.3 Å². The second-order valence-electron chi connectivity index (χ2n) is 8.40. The fourth-order valence-electron chi connectivity index (χ4n) is 4.29. The van der Waals surface area contributed by atoms with E-state index in [-0.39, 0.29) is 23.5 Å². The normalized spacial score (nSPS) is 20.9. The molecule has 8 heteroatoms. The number of hydrogen-bond donors (Lipinski definition) is 2. The van der Waals surface area contributed by atoms with E-state index in [1.165, 1.54) is 47.7 Å². The summed E-state index contributed by atoms with van der Waals surface area (Å²) in [5, 5.41) is 6.60. The van der Waals surface area contributed by atoms with E-state index in [1.54, 1.807) is 18.3 Å². The van der Waals surface area contributed by atoms with Gasteiger partial charge in [-0.25, -0.2) is 19.3 Å². The first-order valence-corrected chi connectivity index (χ1v) is 10.8. The molecule has 2 aliphatic rings. The third kappa shape index (κ3) is 4.28. The molecule has 2 N–H and O–H groups in total. The Morgan fingerprint density at radius 1 is 0.968 bits per heavy atom. The van der Waals surface area contributed by atoms with Crippen molar-refractivity contribution < 1.29 is 4.39 Å². The molecule has 3 heterocycles. The van der Waals surface area contributed by atoms with Gasteiger partial charge in [0, 0.05) is 42.8 Å². The monoisotopic (exact) mass is 420 g/mol. The van der Waals surface area contributed by atoms with Gasteiger partial charge >= 0.3 is 0 Å². The lowest BCUT2D eigenvalue weighted by molar-refractivity contribution is 0.418. The topological polar surface area (TPSA) is 84.7 Å². The average Bonchev–Trinajstić information content (AvgIpc) is 3.17. The summed E-state index contributed by atoms with van der Waals surface area (Å²) in [5.41, 5.74) is 1.41. The third-order valence-electron chi connectivity index (χ3n) is 6.28. The molecule has 2 fully saturated rings. The molecule has 7 nitrogen and oxygen atoms in total. The van der Waals surface area contributed by atoms with Gasteiger partial charge in [-0.15, -0.1) is 0 Å². The molecule has 0 unspecified atom stereocenters. The molecule has 0 saturated heterocycles. The first-order valence-electron chi connectivity index (χ1n) is 10.8. The molecule has 160 valence electrons. The standard InChI is InChI=1S/C23H25FN6O/c24-20-11-19(30-9-2-1-6-21(30)31)14-25-22(20)28-17-7-8-18(10-17)29-23-26-12-16(13-27-23)15-4-3-5-15/h1-2,6,9,11-15,17-18H,3-5,7-8,10H2,(H,25,28)(H,26,27,29)/t17-,18-/m0/s1. The van der Waals surface area contributed by atoms with Crippen molar-refractivity contribution in [3.63, 3.8) is 0 Å². The molecule has 31 heavy (non-hydrogen) atoms. The van der Waals surface area contributed by atoms with Gasteiger partial charge in [-0.05, 0) is 49.7 Å². The smallest absolute Gasteiger partial charge is 0.255 e. The summed E-state index contributed by atoms with van der Waals surface area (Å²) in [7, 11) is 0. The predicted octanol–water partition coefficient (Wildman–Crippen LogP) is 3.87. The summed E-state index contributed by atoms with van der Waals surface area (Å²) in [5.74, 6) is 1.01. The van der Waals surface area contributed by atoms with Crippen molar-refractivity contribution in [2.45, 2.75) is 56.5 Å². The molecule has 2 aliphatic carbocycles. The van der Waals surface area contributed by atoms with Crippen molar-refractivity contribution in [3.05, 3.63) is 70.8 Å². The minimum atomic E-state index is -0.473. The summed E-state index contributed by atoms with van der Waals surface area (Å²) in [6.07, 6.45) is 13.4. The number of rotatable bonds is 6. The first kappa shape index (κ1) is 19.7. The van der Waals surface area contributed by atoms with Gasteiger partial charge < -0.3 is 10.6 Å². The van der Waals surface area contributed by atoms with Crippen molar-refractivity contribution in [3.8, 4) is 5.69 Å². The zero-order chi connectivity index (χ0) is 21.2. The van der Waals surface area contributed by atoms with Crippen LogP contribution in [0.15, 0.2) is 53.8 Å². The van der Waals surface area contributed by atoms with E-state index in [9.17, 15) is 9.18 Å². The lowest BCUT2D eigenvalue weighted by atomic mass is 9.81. The fourth-order valence-corrected chi connectivity index (χ4v) is 4.29. The number of hydrogen-bond acceptors (Lipinski definition) is 6. The van der Waals surface area contributed by atoms with Gasteiger partial charge in [0.05, 0.1) is 11.9 Å². The maximum Gasteiger partial charge on any atom is 0.255 e. The summed E-state index contributed by atoms with van der Waals surface area (Å²) >= 11 is 0. The van der Waals surface area contributed by atoms with E-state index < -0.39 is 5.82 Å². The molecule has 0 amide bonds. The third-order valence-corrected chi connectivity index (χ3v) is 6.28. The van der Waals surface area contributed by atoms with Crippen LogP contribution < -0.4 is 16.2 Å². The lowest BCUT2D eigenvalue weighted by Crippen LogP contribution is -2.23. The molecule has 0 spiro atoms. The molecule has 0 aromatic carbocycles. The molecule has 5 rings (SSSR count). The number of pyridine rings is 2. The molecule has 0 aliphatic heterocycles.